The molecule has 0 spiro atoms. The molecule has 0 radical (unpaired) electrons. The maximum absolute atomic E-state index is 5.67. The molecule has 0 bridgehead atoms. The van der Waals surface area contributed by atoms with Crippen molar-refractivity contribution < 1.29 is 4.74 Å². The van der Waals surface area contributed by atoms with Crippen LogP contribution in [0.5, 0.6) is 0 Å². The number of nitrogens with zero attached hydrogens (tertiary/aromatic N) is 3. The maximum atomic E-state index is 5.67. The molecule has 2 heterocycles. The summed E-state index contributed by atoms with van der Waals surface area (Å²) in [6.45, 7) is 2.23. The summed E-state index contributed by atoms with van der Waals surface area (Å²) in [7, 11) is 0. The van der Waals surface area contributed by atoms with Gasteiger partial charge in [-0.3, -0.25) is 0 Å². The number of hydrogen-bond donors (Lipinski definition) is 1. The van der Waals surface area contributed by atoms with E-state index in [1.54, 1.807) is 0 Å². The number of nitrogens with one attached hydrogen (secondary N) is 1. The standard InChI is InChI=1S/C19H20N4O/c1-3-7-15(8-4-1)13-17-19(18-14-24-12-11-20-18)23(22-21-17)16-9-5-2-6-10-16/h1-10,18,20H,11-14H2. The monoisotopic (exact) mass is 320 g/mol. The molecule has 1 aliphatic rings. The van der Waals surface area contributed by atoms with Crippen LogP contribution in [0.1, 0.15) is 23.0 Å². The summed E-state index contributed by atoms with van der Waals surface area (Å²) in [6.07, 6.45) is 0.765. The Balaban J connectivity index is 1.74. The molecule has 24 heavy (non-hydrogen) atoms. The average molecular weight is 320 g/mol. The molecule has 2 aromatic carbocycles. The fraction of sp³-hybridized carbons (Fsp3) is 0.263. The fourth-order valence-corrected chi connectivity index (χ4v) is 3.09. The number of aromatic nitrogens is 3. The molecular weight excluding hydrogens is 300 g/mol. The first-order chi connectivity index (χ1) is 11.9. The minimum absolute atomic E-state index is 0.104. The molecule has 0 saturated carbocycles. The Morgan fingerprint density at radius 2 is 1.79 bits per heavy atom. The zero-order valence-electron chi connectivity index (χ0n) is 13.4. The van der Waals surface area contributed by atoms with Crippen molar-refractivity contribution in [3.63, 3.8) is 0 Å². The van der Waals surface area contributed by atoms with Crippen LogP contribution in [-0.2, 0) is 11.2 Å². The molecule has 1 fully saturated rings. The van der Waals surface area contributed by atoms with Crippen molar-refractivity contribution in [3.8, 4) is 5.69 Å². The van der Waals surface area contributed by atoms with Crippen LogP contribution in [0.2, 0.25) is 0 Å². The second kappa shape index (κ2) is 6.95. The van der Waals surface area contributed by atoms with Crippen LogP contribution in [0.3, 0.4) is 0 Å². The van der Waals surface area contributed by atoms with Crippen LogP contribution in [0, 0.1) is 0 Å². The molecule has 1 saturated heterocycles. The Bertz CT molecular complexity index is 780. The Kier molecular flexibility index (Phi) is 4.36. The van der Waals surface area contributed by atoms with E-state index in [9.17, 15) is 0 Å². The van der Waals surface area contributed by atoms with Gasteiger partial charge >= 0.3 is 0 Å². The molecule has 5 nitrogen and oxygen atoms in total. The Morgan fingerprint density at radius 1 is 1.04 bits per heavy atom. The fourth-order valence-electron chi connectivity index (χ4n) is 3.09. The Morgan fingerprint density at radius 3 is 2.50 bits per heavy atom. The summed E-state index contributed by atoms with van der Waals surface area (Å²) in [6, 6.07) is 20.6. The van der Waals surface area contributed by atoms with Crippen molar-refractivity contribution in [2.45, 2.75) is 12.5 Å². The van der Waals surface area contributed by atoms with E-state index in [1.165, 1.54) is 5.56 Å². The van der Waals surface area contributed by atoms with Gasteiger partial charge in [-0.2, -0.15) is 0 Å². The summed E-state index contributed by atoms with van der Waals surface area (Å²) >= 11 is 0. The highest BCUT2D eigenvalue weighted by Crippen LogP contribution is 2.24. The van der Waals surface area contributed by atoms with E-state index in [-0.39, 0.29) is 6.04 Å². The molecule has 4 rings (SSSR count). The first-order valence-corrected chi connectivity index (χ1v) is 8.27. The summed E-state index contributed by atoms with van der Waals surface area (Å²) in [5, 5.41) is 12.4. The van der Waals surface area contributed by atoms with E-state index in [2.05, 4.69) is 39.9 Å². The molecular formula is C19H20N4O. The van der Waals surface area contributed by atoms with Gasteiger partial charge in [-0.25, -0.2) is 4.68 Å². The van der Waals surface area contributed by atoms with Crippen molar-refractivity contribution in [3.05, 3.63) is 77.6 Å². The minimum atomic E-state index is 0.104. The molecule has 1 aliphatic heterocycles. The van der Waals surface area contributed by atoms with E-state index >= 15 is 0 Å². The second-order valence-corrected chi connectivity index (χ2v) is 5.91. The van der Waals surface area contributed by atoms with Gasteiger partial charge in [0, 0.05) is 13.0 Å². The normalized spacial score (nSPS) is 17.8. The Hall–Kier alpha value is -2.50. The number of morpholine rings is 1. The molecule has 122 valence electrons. The van der Waals surface area contributed by atoms with Gasteiger partial charge in [0.15, 0.2) is 0 Å². The van der Waals surface area contributed by atoms with Gasteiger partial charge in [-0.1, -0.05) is 53.7 Å². The molecule has 1 N–H and O–H groups in total. The lowest BCUT2D eigenvalue weighted by Gasteiger charge is -2.25. The second-order valence-electron chi connectivity index (χ2n) is 5.91. The van der Waals surface area contributed by atoms with Gasteiger partial charge in [0.2, 0.25) is 0 Å². The van der Waals surface area contributed by atoms with Crippen LogP contribution in [0.4, 0.5) is 0 Å². The molecule has 1 atom stereocenters. The highest BCUT2D eigenvalue weighted by molar-refractivity contribution is 5.36. The summed E-state index contributed by atoms with van der Waals surface area (Å²) in [5.41, 5.74) is 4.33. The zero-order valence-corrected chi connectivity index (χ0v) is 13.4. The number of ether oxygens (including phenoxy) is 1. The van der Waals surface area contributed by atoms with Crippen molar-refractivity contribution in [2.24, 2.45) is 0 Å². The van der Waals surface area contributed by atoms with E-state index in [0.29, 0.717) is 6.61 Å². The highest BCUT2D eigenvalue weighted by atomic mass is 16.5. The number of hydrogen-bond acceptors (Lipinski definition) is 4. The van der Waals surface area contributed by atoms with Gasteiger partial charge < -0.3 is 10.1 Å². The highest BCUT2D eigenvalue weighted by Gasteiger charge is 2.25. The third-order valence-corrected chi connectivity index (χ3v) is 4.25. The van der Waals surface area contributed by atoms with Gasteiger partial charge in [-0.05, 0) is 17.7 Å². The summed E-state index contributed by atoms with van der Waals surface area (Å²) in [5.74, 6) is 0. The molecule has 1 unspecified atom stereocenters. The van der Waals surface area contributed by atoms with Crippen LogP contribution >= 0.6 is 0 Å². The molecule has 3 aromatic rings. The van der Waals surface area contributed by atoms with Crippen LogP contribution in [0.15, 0.2) is 60.7 Å². The first kappa shape index (κ1) is 15.1. The van der Waals surface area contributed by atoms with Crippen molar-refractivity contribution in [1.82, 2.24) is 20.3 Å². The van der Waals surface area contributed by atoms with Crippen LogP contribution in [0.25, 0.3) is 5.69 Å². The van der Waals surface area contributed by atoms with Crippen LogP contribution in [-0.4, -0.2) is 34.8 Å². The van der Waals surface area contributed by atoms with Crippen molar-refractivity contribution in [2.75, 3.05) is 19.8 Å². The van der Waals surface area contributed by atoms with Gasteiger partial charge in [0.25, 0.3) is 0 Å². The summed E-state index contributed by atoms with van der Waals surface area (Å²) in [4.78, 5) is 0. The van der Waals surface area contributed by atoms with Crippen molar-refractivity contribution >= 4 is 0 Å². The molecule has 0 amide bonds. The topological polar surface area (TPSA) is 52.0 Å². The molecule has 1 aromatic heterocycles. The third-order valence-electron chi connectivity index (χ3n) is 4.25. The average Bonchev–Trinajstić information content (AvgIpc) is 3.07. The lowest BCUT2D eigenvalue weighted by atomic mass is 10.0. The Labute approximate surface area is 141 Å². The largest absolute Gasteiger partial charge is 0.378 e. The predicted octanol–water partition coefficient (Wildman–Crippen LogP) is 2.52. The lowest BCUT2D eigenvalue weighted by molar-refractivity contribution is 0.0746. The predicted molar refractivity (Wildman–Crippen MR) is 92.2 cm³/mol. The third kappa shape index (κ3) is 3.09. The lowest BCUT2D eigenvalue weighted by Crippen LogP contribution is -2.36. The first-order valence-electron chi connectivity index (χ1n) is 8.27. The number of para-hydroxylation sites is 1. The van der Waals surface area contributed by atoms with Gasteiger partial charge in [0.05, 0.1) is 36.3 Å². The SMILES string of the molecule is c1ccc(Cc2nnn(-c3ccccc3)c2C2COCCN2)cc1. The number of benzene rings is 2. The van der Waals surface area contributed by atoms with Crippen LogP contribution < -0.4 is 5.32 Å². The number of rotatable bonds is 4. The summed E-state index contributed by atoms with van der Waals surface area (Å²) < 4.78 is 7.61. The minimum Gasteiger partial charge on any atom is -0.378 e. The zero-order chi connectivity index (χ0) is 16.2. The van der Waals surface area contributed by atoms with Gasteiger partial charge in [-0.15, -0.1) is 5.10 Å². The molecule has 5 heteroatoms. The van der Waals surface area contributed by atoms with E-state index < -0.39 is 0 Å². The maximum Gasteiger partial charge on any atom is 0.0924 e. The van der Waals surface area contributed by atoms with Gasteiger partial charge in [0.1, 0.15) is 0 Å². The quantitative estimate of drug-likeness (QED) is 0.802. The smallest absolute Gasteiger partial charge is 0.0924 e. The molecule has 0 aliphatic carbocycles. The van der Waals surface area contributed by atoms with E-state index in [4.69, 9.17) is 4.74 Å². The van der Waals surface area contributed by atoms with E-state index in [1.807, 2.05) is 41.1 Å². The van der Waals surface area contributed by atoms with E-state index in [0.717, 1.165) is 36.6 Å². The van der Waals surface area contributed by atoms with Crippen molar-refractivity contribution in [1.29, 1.82) is 0 Å².